The molecule has 104 valence electrons. The van der Waals surface area contributed by atoms with Crippen LogP contribution in [0.25, 0.3) is 10.9 Å². The van der Waals surface area contributed by atoms with Gasteiger partial charge in [0.25, 0.3) is 5.56 Å². The maximum Gasteiger partial charge on any atom is 0.274 e. The van der Waals surface area contributed by atoms with Crippen molar-refractivity contribution in [1.82, 2.24) is 19.5 Å². The van der Waals surface area contributed by atoms with E-state index in [2.05, 4.69) is 10.1 Å². The summed E-state index contributed by atoms with van der Waals surface area (Å²) in [5.74, 6) is 1.41. The fraction of sp³-hybridized carbons (Fsp3) is 0.357. The van der Waals surface area contributed by atoms with Gasteiger partial charge in [0.05, 0.1) is 10.9 Å². The molecule has 0 aliphatic heterocycles. The van der Waals surface area contributed by atoms with E-state index < -0.39 is 0 Å². The molecule has 0 atom stereocenters. The lowest BCUT2D eigenvalue weighted by atomic mass is 10.2. The SMILES string of the molecule is CC(C)c1noc(Cn2c3ccccc3c(=O)n2C)n1. The van der Waals surface area contributed by atoms with E-state index in [-0.39, 0.29) is 11.5 Å². The number of fused-ring (bicyclic) bond motifs is 1. The zero-order valence-electron chi connectivity index (χ0n) is 11.7. The quantitative estimate of drug-likeness (QED) is 0.730. The van der Waals surface area contributed by atoms with Crippen molar-refractivity contribution in [3.05, 3.63) is 46.3 Å². The lowest BCUT2D eigenvalue weighted by Gasteiger charge is -2.05. The molecule has 20 heavy (non-hydrogen) atoms. The predicted molar refractivity (Wildman–Crippen MR) is 74.7 cm³/mol. The summed E-state index contributed by atoms with van der Waals surface area (Å²) >= 11 is 0. The summed E-state index contributed by atoms with van der Waals surface area (Å²) in [6.45, 7) is 4.41. The van der Waals surface area contributed by atoms with Gasteiger partial charge in [-0.2, -0.15) is 4.98 Å². The molecule has 3 rings (SSSR count). The Hall–Kier alpha value is -2.37. The lowest BCUT2D eigenvalue weighted by Crippen LogP contribution is -2.19. The topological polar surface area (TPSA) is 65.8 Å². The molecule has 0 amide bonds. The fourth-order valence-corrected chi connectivity index (χ4v) is 2.21. The van der Waals surface area contributed by atoms with E-state index in [0.717, 1.165) is 5.52 Å². The summed E-state index contributed by atoms with van der Waals surface area (Å²) in [5, 5.41) is 4.63. The number of aromatic nitrogens is 4. The lowest BCUT2D eigenvalue weighted by molar-refractivity contribution is 0.353. The van der Waals surface area contributed by atoms with Crippen molar-refractivity contribution < 1.29 is 4.52 Å². The molecule has 2 aromatic heterocycles. The molecule has 0 aliphatic carbocycles. The van der Waals surface area contributed by atoms with Gasteiger partial charge in [0, 0.05) is 13.0 Å². The third-order valence-electron chi connectivity index (χ3n) is 3.35. The summed E-state index contributed by atoms with van der Waals surface area (Å²) in [6.07, 6.45) is 0. The monoisotopic (exact) mass is 272 g/mol. The first-order chi connectivity index (χ1) is 9.58. The molecular weight excluding hydrogens is 256 g/mol. The highest BCUT2D eigenvalue weighted by Crippen LogP contribution is 2.14. The second-order valence-electron chi connectivity index (χ2n) is 5.10. The minimum Gasteiger partial charge on any atom is -0.337 e. The summed E-state index contributed by atoms with van der Waals surface area (Å²) in [6, 6.07) is 7.50. The van der Waals surface area contributed by atoms with Gasteiger partial charge in [0.15, 0.2) is 5.82 Å². The Morgan fingerprint density at radius 3 is 2.75 bits per heavy atom. The Bertz CT molecular complexity index is 810. The van der Waals surface area contributed by atoms with E-state index in [4.69, 9.17) is 4.52 Å². The van der Waals surface area contributed by atoms with Crippen LogP contribution < -0.4 is 5.56 Å². The maximum atomic E-state index is 12.1. The molecule has 6 nitrogen and oxygen atoms in total. The molecule has 0 spiro atoms. The van der Waals surface area contributed by atoms with Crippen LogP contribution in [-0.4, -0.2) is 19.5 Å². The summed E-state index contributed by atoms with van der Waals surface area (Å²) in [7, 11) is 1.74. The average molecular weight is 272 g/mol. The molecular formula is C14H16N4O2. The van der Waals surface area contributed by atoms with E-state index in [1.165, 1.54) is 0 Å². The van der Waals surface area contributed by atoms with Crippen molar-refractivity contribution in [2.45, 2.75) is 26.3 Å². The molecule has 0 fully saturated rings. The summed E-state index contributed by atoms with van der Waals surface area (Å²) in [5.41, 5.74) is 0.841. The van der Waals surface area contributed by atoms with Gasteiger partial charge in [-0.25, -0.2) is 0 Å². The smallest absolute Gasteiger partial charge is 0.274 e. The number of hydrogen-bond acceptors (Lipinski definition) is 4. The van der Waals surface area contributed by atoms with Crippen molar-refractivity contribution in [3.63, 3.8) is 0 Å². The Balaban J connectivity index is 2.06. The Kier molecular flexibility index (Phi) is 2.93. The van der Waals surface area contributed by atoms with Gasteiger partial charge in [-0.05, 0) is 12.1 Å². The minimum atomic E-state index is -0.0239. The summed E-state index contributed by atoms with van der Waals surface area (Å²) in [4.78, 5) is 16.5. The predicted octanol–water partition coefficient (Wildman–Crippen LogP) is 1.89. The standard InChI is InChI=1S/C14H16N4O2/c1-9(2)13-15-12(20-16-13)8-18-11-7-5-4-6-10(11)14(19)17(18)3/h4-7,9H,8H2,1-3H3. The molecule has 0 aliphatic rings. The van der Waals surface area contributed by atoms with E-state index in [1.54, 1.807) is 11.7 Å². The summed E-state index contributed by atoms with van der Waals surface area (Å²) < 4.78 is 8.66. The second-order valence-corrected chi connectivity index (χ2v) is 5.10. The van der Waals surface area contributed by atoms with Crippen LogP contribution in [0, 0.1) is 0 Å². The molecule has 1 aromatic carbocycles. The van der Waals surface area contributed by atoms with Crippen molar-refractivity contribution in [1.29, 1.82) is 0 Å². The molecule has 2 heterocycles. The highest BCUT2D eigenvalue weighted by molar-refractivity contribution is 5.78. The Morgan fingerprint density at radius 1 is 1.30 bits per heavy atom. The van der Waals surface area contributed by atoms with Crippen LogP contribution >= 0.6 is 0 Å². The first-order valence-corrected chi connectivity index (χ1v) is 6.55. The van der Waals surface area contributed by atoms with Crippen molar-refractivity contribution in [2.75, 3.05) is 0 Å². The third kappa shape index (κ3) is 1.93. The highest BCUT2D eigenvalue weighted by Gasteiger charge is 2.14. The molecule has 0 bridgehead atoms. The van der Waals surface area contributed by atoms with Gasteiger partial charge < -0.3 is 4.52 Å². The molecule has 0 N–H and O–H groups in total. The van der Waals surface area contributed by atoms with Gasteiger partial charge in [-0.3, -0.25) is 14.2 Å². The van der Waals surface area contributed by atoms with Crippen LogP contribution in [0.15, 0.2) is 33.6 Å². The van der Waals surface area contributed by atoms with Gasteiger partial charge in [-0.1, -0.05) is 31.1 Å². The zero-order chi connectivity index (χ0) is 14.3. The molecule has 0 unspecified atom stereocenters. The first-order valence-electron chi connectivity index (χ1n) is 6.55. The van der Waals surface area contributed by atoms with Gasteiger partial charge >= 0.3 is 0 Å². The molecule has 0 radical (unpaired) electrons. The normalized spacial score (nSPS) is 11.6. The van der Waals surface area contributed by atoms with E-state index in [9.17, 15) is 4.79 Å². The van der Waals surface area contributed by atoms with E-state index in [0.29, 0.717) is 23.6 Å². The van der Waals surface area contributed by atoms with E-state index >= 15 is 0 Å². The minimum absolute atomic E-state index is 0.0239. The fourth-order valence-electron chi connectivity index (χ4n) is 2.21. The Morgan fingerprint density at radius 2 is 2.05 bits per heavy atom. The number of nitrogens with zero attached hydrogens (tertiary/aromatic N) is 4. The second kappa shape index (κ2) is 4.63. The molecule has 3 aromatic rings. The van der Waals surface area contributed by atoms with Crippen LogP contribution in [0.3, 0.4) is 0 Å². The largest absolute Gasteiger partial charge is 0.337 e. The number of hydrogen-bond donors (Lipinski definition) is 0. The van der Waals surface area contributed by atoms with Crippen LogP contribution in [0.4, 0.5) is 0 Å². The van der Waals surface area contributed by atoms with Crippen molar-refractivity contribution >= 4 is 10.9 Å². The number of benzene rings is 1. The zero-order valence-corrected chi connectivity index (χ0v) is 11.7. The van der Waals surface area contributed by atoms with Gasteiger partial charge in [-0.15, -0.1) is 0 Å². The molecule has 0 saturated carbocycles. The van der Waals surface area contributed by atoms with Crippen molar-refractivity contribution in [3.8, 4) is 0 Å². The van der Waals surface area contributed by atoms with Crippen molar-refractivity contribution in [2.24, 2.45) is 7.05 Å². The number of para-hydroxylation sites is 1. The van der Waals surface area contributed by atoms with Gasteiger partial charge in [0.2, 0.25) is 5.89 Å². The van der Waals surface area contributed by atoms with Crippen LogP contribution in [-0.2, 0) is 13.6 Å². The van der Waals surface area contributed by atoms with Crippen LogP contribution in [0.1, 0.15) is 31.5 Å². The van der Waals surface area contributed by atoms with E-state index in [1.807, 2.05) is 42.8 Å². The molecule has 6 heteroatoms. The molecule has 0 saturated heterocycles. The van der Waals surface area contributed by atoms with Gasteiger partial charge in [0.1, 0.15) is 6.54 Å². The maximum absolute atomic E-state index is 12.1. The first kappa shape index (κ1) is 12.7. The Labute approximate surface area is 115 Å². The number of rotatable bonds is 3. The highest BCUT2D eigenvalue weighted by atomic mass is 16.5. The van der Waals surface area contributed by atoms with Crippen LogP contribution in [0.5, 0.6) is 0 Å². The third-order valence-corrected chi connectivity index (χ3v) is 3.35. The average Bonchev–Trinajstić information content (AvgIpc) is 3.00. The van der Waals surface area contributed by atoms with Crippen LogP contribution in [0.2, 0.25) is 0 Å².